The molecule has 2 heterocycles. The Bertz CT molecular complexity index is 698. The van der Waals surface area contributed by atoms with Crippen LogP contribution in [0.1, 0.15) is 5.56 Å². The number of non-ortho nitro benzene ring substituents is 1. The number of aromatic nitrogens is 1. The first kappa shape index (κ1) is 13.0. The van der Waals surface area contributed by atoms with Crippen molar-refractivity contribution in [3.05, 3.63) is 58.3 Å². The highest BCUT2D eigenvalue weighted by Crippen LogP contribution is 2.25. The molecule has 1 aliphatic rings. The molecule has 0 spiro atoms. The Morgan fingerprint density at radius 3 is 2.71 bits per heavy atom. The van der Waals surface area contributed by atoms with Gasteiger partial charge in [-0.2, -0.15) is 0 Å². The summed E-state index contributed by atoms with van der Waals surface area (Å²) >= 11 is 0. The lowest BCUT2D eigenvalue weighted by molar-refractivity contribution is -0.384. The SMILES string of the molecule is O=[N+]([O-])c1ccc(Oc2ncccc2C2=NCCN2)cc1. The zero-order valence-corrected chi connectivity index (χ0v) is 11.0. The first-order valence-corrected chi connectivity index (χ1v) is 6.40. The van der Waals surface area contributed by atoms with Crippen LogP contribution in [0.3, 0.4) is 0 Å². The van der Waals surface area contributed by atoms with Crippen LogP contribution in [0.25, 0.3) is 0 Å². The van der Waals surface area contributed by atoms with Crippen molar-refractivity contribution in [3.63, 3.8) is 0 Å². The molecule has 0 atom stereocenters. The fourth-order valence-electron chi connectivity index (χ4n) is 1.98. The third-order valence-corrected chi connectivity index (χ3v) is 2.96. The number of nitro groups is 1. The van der Waals surface area contributed by atoms with Crippen molar-refractivity contribution in [2.75, 3.05) is 13.1 Å². The zero-order chi connectivity index (χ0) is 14.7. The normalized spacial score (nSPS) is 13.4. The van der Waals surface area contributed by atoms with Crippen molar-refractivity contribution in [3.8, 4) is 11.6 Å². The molecule has 3 rings (SSSR count). The van der Waals surface area contributed by atoms with E-state index in [1.54, 1.807) is 24.4 Å². The summed E-state index contributed by atoms with van der Waals surface area (Å²) in [4.78, 5) is 18.7. The smallest absolute Gasteiger partial charge is 0.269 e. The second-order valence-electron chi connectivity index (χ2n) is 4.37. The molecule has 1 aromatic carbocycles. The van der Waals surface area contributed by atoms with Gasteiger partial charge in [0.2, 0.25) is 5.88 Å². The topological polar surface area (TPSA) is 89.7 Å². The van der Waals surface area contributed by atoms with Gasteiger partial charge in [0.05, 0.1) is 17.0 Å². The Morgan fingerprint density at radius 2 is 2.05 bits per heavy atom. The van der Waals surface area contributed by atoms with Crippen LogP contribution >= 0.6 is 0 Å². The fourth-order valence-corrected chi connectivity index (χ4v) is 1.98. The quantitative estimate of drug-likeness (QED) is 0.686. The number of ether oxygens (including phenoxy) is 1. The number of hydrogen-bond acceptors (Lipinski definition) is 6. The lowest BCUT2D eigenvalue weighted by Crippen LogP contribution is -2.20. The molecule has 1 aliphatic heterocycles. The summed E-state index contributed by atoms with van der Waals surface area (Å²) in [6, 6.07) is 9.54. The summed E-state index contributed by atoms with van der Waals surface area (Å²) < 4.78 is 5.70. The molecule has 106 valence electrons. The van der Waals surface area contributed by atoms with Gasteiger partial charge >= 0.3 is 0 Å². The number of nitrogens with zero attached hydrogens (tertiary/aromatic N) is 3. The van der Waals surface area contributed by atoms with Crippen LogP contribution in [0, 0.1) is 10.1 Å². The Balaban J connectivity index is 1.86. The van der Waals surface area contributed by atoms with Gasteiger partial charge in [0.15, 0.2) is 0 Å². The van der Waals surface area contributed by atoms with E-state index in [2.05, 4.69) is 15.3 Å². The average molecular weight is 284 g/mol. The van der Waals surface area contributed by atoms with Crippen molar-refractivity contribution in [1.29, 1.82) is 0 Å². The summed E-state index contributed by atoms with van der Waals surface area (Å²) in [5.41, 5.74) is 0.791. The second-order valence-corrected chi connectivity index (χ2v) is 4.37. The summed E-state index contributed by atoms with van der Waals surface area (Å²) in [5, 5.41) is 13.8. The molecular weight excluding hydrogens is 272 g/mol. The highest BCUT2D eigenvalue weighted by molar-refractivity contribution is 6.01. The van der Waals surface area contributed by atoms with Crippen molar-refractivity contribution in [1.82, 2.24) is 10.3 Å². The molecule has 0 bridgehead atoms. The number of nitrogens with one attached hydrogen (secondary N) is 1. The number of amidine groups is 1. The standard InChI is InChI=1S/C14H12N4O3/c19-18(20)10-3-5-11(6-4-10)21-14-12(2-1-7-17-14)13-15-8-9-16-13/h1-7H,8-9H2,(H,15,16). The third-order valence-electron chi connectivity index (χ3n) is 2.96. The van der Waals surface area contributed by atoms with E-state index in [0.717, 1.165) is 24.5 Å². The van der Waals surface area contributed by atoms with E-state index >= 15 is 0 Å². The van der Waals surface area contributed by atoms with Gasteiger partial charge < -0.3 is 10.1 Å². The monoisotopic (exact) mass is 284 g/mol. The van der Waals surface area contributed by atoms with Crippen molar-refractivity contribution in [2.24, 2.45) is 4.99 Å². The van der Waals surface area contributed by atoms with E-state index < -0.39 is 4.92 Å². The van der Waals surface area contributed by atoms with E-state index in [1.807, 2.05) is 6.07 Å². The number of rotatable bonds is 4. The molecule has 1 aromatic heterocycles. The minimum atomic E-state index is -0.451. The predicted octanol–water partition coefficient (Wildman–Crippen LogP) is 2.13. The van der Waals surface area contributed by atoms with E-state index in [1.165, 1.54) is 12.1 Å². The van der Waals surface area contributed by atoms with E-state index in [-0.39, 0.29) is 5.69 Å². The number of hydrogen-bond donors (Lipinski definition) is 1. The van der Waals surface area contributed by atoms with Gasteiger partial charge in [-0.05, 0) is 24.3 Å². The van der Waals surface area contributed by atoms with Gasteiger partial charge in [0.25, 0.3) is 5.69 Å². The van der Waals surface area contributed by atoms with Gasteiger partial charge in [-0.15, -0.1) is 0 Å². The summed E-state index contributed by atoms with van der Waals surface area (Å²) in [6.45, 7) is 1.52. The lowest BCUT2D eigenvalue weighted by Gasteiger charge is -2.09. The van der Waals surface area contributed by atoms with Crippen LogP contribution in [0.2, 0.25) is 0 Å². The predicted molar refractivity (Wildman–Crippen MR) is 76.8 cm³/mol. The molecule has 0 radical (unpaired) electrons. The summed E-state index contributed by atoms with van der Waals surface area (Å²) in [7, 11) is 0. The van der Waals surface area contributed by atoms with Crippen LogP contribution in [0.4, 0.5) is 5.69 Å². The third kappa shape index (κ3) is 2.81. The molecule has 0 amide bonds. The maximum Gasteiger partial charge on any atom is 0.269 e. The molecule has 21 heavy (non-hydrogen) atoms. The van der Waals surface area contributed by atoms with Crippen LogP contribution in [0.15, 0.2) is 47.6 Å². The first-order valence-electron chi connectivity index (χ1n) is 6.40. The van der Waals surface area contributed by atoms with Crippen LogP contribution in [0.5, 0.6) is 11.6 Å². The highest BCUT2D eigenvalue weighted by Gasteiger charge is 2.15. The molecule has 0 aliphatic carbocycles. The van der Waals surface area contributed by atoms with E-state index in [0.29, 0.717) is 11.6 Å². The number of pyridine rings is 1. The van der Waals surface area contributed by atoms with Crippen LogP contribution in [-0.4, -0.2) is 28.8 Å². The Kier molecular flexibility index (Phi) is 3.46. The Morgan fingerprint density at radius 1 is 1.24 bits per heavy atom. The Labute approximate surface area is 120 Å². The summed E-state index contributed by atoms with van der Waals surface area (Å²) in [6.07, 6.45) is 1.62. The number of nitro benzene ring substituents is 1. The number of benzene rings is 1. The molecule has 0 saturated carbocycles. The maximum absolute atomic E-state index is 10.6. The molecule has 0 saturated heterocycles. The minimum absolute atomic E-state index is 0.0189. The molecule has 2 aromatic rings. The van der Waals surface area contributed by atoms with Gasteiger partial charge in [-0.25, -0.2) is 4.98 Å². The fraction of sp³-hybridized carbons (Fsp3) is 0.143. The molecule has 7 nitrogen and oxygen atoms in total. The molecule has 0 fully saturated rings. The van der Waals surface area contributed by atoms with E-state index in [9.17, 15) is 10.1 Å². The lowest BCUT2D eigenvalue weighted by atomic mass is 10.2. The average Bonchev–Trinajstić information content (AvgIpc) is 3.02. The first-order chi connectivity index (χ1) is 10.2. The Hall–Kier alpha value is -2.96. The van der Waals surface area contributed by atoms with Crippen molar-refractivity contribution < 1.29 is 9.66 Å². The van der Waals surface area contributed by atoms with Crippen molar-refractivity contribution >= 4 is 11.5 Å². The zero-order valence-electron chi connectivity index (χ0n) is 11.0. The van der Waals surface area contributed by atoms with Gasteiger partial charge in [-0.3, -0.25) is 15.1 Å². The van der Waals surface area contributed by atoms with Gasteiger partial charge in [0, 0.05) is 24.9 Å². The van der Waals surface area contributed by atoms with E-state index in [4.69, 9.17) is 4.74 Å². The molecule has 1 N–H and O–H groups in total. The second kappa shape index (κ2) is 5.58. The summed E-state index contributed by atoms with van der Waals surface area (Å²) in [5.74, 6) is 1.65. The molecular formula is C14H12N4O3. The number of aliphatic imine (C=N–C) groups is 1. The van der Waals surface area contributed by atoms with Crippen LogP contribution in [-0.2, 0) is 0 Å². The van der Waals surface area contributed by atoms with Crippen LogP contribution < -0.4 is 10.1 Å². The molecule has 0 unspecified atom stereocenters. The largest absolute Gasteiger partial charge is 0.438 e. The van der Waals surface area contributed by atoms with Crippen molar-refractivity contribution in [2.45, 2.75) is 0 Å². The molecule has 7 heteroatoms. The van der Waals surface area contributed by atoms with Gasteiger partial charge in [0.1, 0.15) is 11.6 Å². The van der Waals surface area contributed by atoms with Gasteiger partial charge in [-0.1, -0.05) is 0 Å². The highest BCUT2D eigenvalue weighted by atomic mass is 16.6. The maximum atomic E-state index is 10.6. The minimum Gasteiger partial charge on any atom is -0.438 e.